The normalized spacial score (nSPS) is 29.2. The van der Waals surface area contributed by atoms with Crippen molar-refractivity contribution in [2.45, 2.75) is 45.1 Å². The lowest BCUT2D eigenvalue weighted by atomic mass is 9.67. The number of hydrogen-bond donors (Lipinski definition) is 1. The van der Waals surface area contributed by atoms with Crippen LogP contribution in [0.1, 0.15) is 39.5 Å². The van der Waals surface area contributed by atoms with Crippen LogP contribution in [0.5, 0.6) is 0 Å². The maximum Gasteiger partial charge on any atom is 0.196 e. The summed E-state index contributed by atoms with van der Waals surface area (Å²) in [5, 5.41) is 0. The molecule has 0 amide bonds. The first-order valence-electron chi connectivity index (χ1n) is 7.90. The van der Waals surface area contributed by atoms with Crippen LogP contribution in [0.2, 0.25) is 0 Å². The number of anilines is 1. The molecule has 3 nitrogen and oxygen atoms in total. The molecule has 1 heterocycles. The molecule has 1 aliphatic carbocycles. The van der Waals surface area contributed by atoms with Crippen molar-refractivity contribution in [1.82, 2.24) is 0 Å². The van der Waals surface area contributed by atoms with Crippen LogP contribution < -0.4 is 10.6 Å². The minimum atomic E-state index is 0.0806. The smallest absolute Gasteiger partial charge is 0.196 e. The summed E-state index contributed by atoms with van der Waals surface area (Å²) < 4.78 is 1.09. The summed E-state index contributed by atoms with van der Waals surface area (Å²) in [6, 6.07) is 8.43. The minimum absolute atomic E-state index is 0.0806. The summed E-state index contributed by atoms with van der Waals surface area (Å²) >= 11 is 3.58. The standard InChI is InChI=1S/C17H24BrN3/c1-12(2)15-8-3-4-9-17(15)11-20-16(19)21(17)14-7-5-6-13(18)10-14/h5-7,10,12,15H,3-4,8-9,11H2,1-2H3,(H2,19,20). The van der Waals surface area contributed by atoms with Gasteiger partial charge in [-0.3, -0.25) is 4.99 Å². The summed E-state index contributed by atoms with van der Waals surface area (Å²) in [4.78, 5) is 6.96. The molecule has 1 aliphatic heterocycles. The van der Waals surface area contributed by atoms with Crippen LogP contribution in [0.3, 0.4) is 0 Å². The number of nitrogens with zero attached hydrogens (tertiary/aromatic N) is 2. The van der Waals surface area contributed by atoms with Crippen LogP contribution in [-0.4, -0.2) is 18.0 Å². The first-order chi connectivity index (χ1) is 10.0. The average Bonchev–Trinajstić information content (AvgIpc) is 2.76. The topological polar surface area (TPSA) is 41.6 Å². The number of rotatable bonds is 2. The van der Waals surface area contributed by atoms with E-state index in [0.29, 0.717) is 17.8 Å². The van der Waals surface area contributed by atoms with Gasteiger partial charge in [0.2, 0.25) is 0 Å². The third-order valence-corrected chi connectivity index (χ3v) is 5.62. The third-order valence-electron chi connectivity index (χ3n) is 5.13. The Hall–Kier alpha value is -1.03. The summed E-state index contributed by atoms with van der Waals surface area (Å²) in [7, 11) is 0. The van der Waals surface area contributed by atoms with E-state index in [1.54, 1.807) is 0 Å². The zero-order chi connectivity index (χ0) is 15.0. The molecule has 1 aromatic rings. The molecule has 1 spiro atoms. The molecule has 21 heavy (non-hydrogen) atoms. The average molecular weight is 350 g/mol. The maximum atomic E-state index is 6.29. The molecule has 1 fully saturated rings. The van der Waals surface area contributed by atoms with E-state index < -0.39 is 0 Å². The van der Waals surface area contributed by atoms with Crippen LogP contribution in [0.15, 0.2) is 33.7 Å². The summed E-state index contributed by atoms with van der Waals surface area (Å²) in [5.41, 5.74) is 7.53. The van der Waals surface area contributed by atoms with Crippen molar-refractivity contribution >= 4 is 27.6 Å². The molecule has 2 aliphatic rings. The predicted molar refractivity (Wildman–Crippen MR) is 92.6 cm³/mol. The molecule has 0 saturated heterocycles. The number of hydrogen-bond acceptors (Lipinski definition) is 3. The molecule has 2 atom stereocenters. The van der Waals surface area contributed by atoms with Gasteiger partial charge in [-0.15, -0.1) is 0 Å². The van der Waals surface area contributed by atoms with Gasteiger partial charge in [-0.05, 0) is 42.9 Å². The second-order valence-electron chi connectivity index (χ2n) is 6.69. The summed E-state index contributed by atoms with van der Waals surface area (Å²) in [6.07, 6.45) is 5.07. The lowest BCUT2D eigenvalue weighted by Gasteiger charge is -2.49. The van der Waals surface area contributed by atoms with Crippen molar-refractivity contribution in [1.29, 1.82) is 0 Å². The zero-order valence-electron chi connectivity index (χ0n) is 12.8. The lowest BCUT2D eigenvalue weighted by Crippen LogP contribution is -2.59. The Labute approximate surface area is 135 Å². The van der Waals surface area contributed by atoms with E-state index in [0.717, 1.165) is 16.7 Å². The highest BCUT2D eigenvalue weighted by atomic mass is 79.9. The molecular formula is C17H24BrN3. The first kappa shape index (κ1) is 14.9. The summed E-state index contributed by atoms with van der Waals surface area (Å²) in [6.45, 7) is 5.52. The zero-order valence-corrected chi connectivity index (χ0v) is 14.4. The van der Waals surface area contributed by atoms with E-state index in [1.807, 2.05) is 0 Å². The van der Waals surface area contributed by atoms with Gasteiger partial charge in [0.15, 0.2) is 5.96 Å². The van der Waals surface area contributed by atoms with Gasteiger partial charge < -0.3 is 10.6 Å². The van der Waals surface area contributed by atoms with Gasteiger partial charge in [-0.25, -0.2) is 0 Å². The van der Waals surface area contributed by atoms with Crippen molar-refractivity contribution < 1.29 is 0 Å². The molecular weight excluding hydrogens is 326 g/mol. The molecule has 3 rings (SSSR count). The molecule has 0 aromatic heterocycles. The summed E-state index contributed by atoms with van der Waals surface area (Å²) in [5.74, 6) is 1.98. The Bertz CT molecular complexity index is 555. The Kier molecular flexibility index (Phi) is 4.00. The van der Waals surface area contributed by atoms with E-state index in [2.05, 4.69) is 63.9 Å². The Morgan fingerprint density at radius 3 is 2.90 bits per heavy atom. The Morgan fingerprint density at radius 2 is 2.19 bits per heavy atom. The van der Waals surface area contributed by atoms with Crippen LogP contribution in [-0.2, 0) is 0 Å². The number of aliphatic imine (C=N–C) groups is 1. The maximum absolute atomic E-state index is 6.29. The van der Waals surface area contributed by atoms with Gasteiger partial charge >= 0.3 is 0 Å². The largest absolute Gasteiger partial charge is 0.369 e. The minimum Gasteiger partial charge on any atom is -0.369 e. The van der Waals surface area contributed by atoms with Crippen molar-refractivity contribution in [3.05, 3.63) is 28.7 Å². The third kappa shape index (κ3) is 2.48. The van der Waals surface area contributed by atoms with Crippen LogP contribution in [0.4, 0.5) is 5.69 Å². The highest BCUT2D eigenvalue weighted by Crippen LogP contribution is 2.46. The van der Waals surface area contributed by atoms with Crippen molar-refractivity contribution in [3.8, 4) is 0 Å². The number of nitrogens with two attached hydrogens (primary N) is 1. The van der Waals surface area contributed by atoms with E-state index in [1.165, 1.54) is 25.7 Å². The highest BCUT2D eigenvalue weighted by molar-refractivity contribution is 9.10. The quantitative estimate of drug-likeness (QED) is 0.870. The van der Waals surface area contributed by atoms with Crippen LogP contribution in [0.25, 0.3) is 0 Å². The molecule has 1 saturated carbocycles. The van der Waals surface area contributed by atoms with E-state index >= 15 is 0 Å². The fraction of sp³-hybridized carbons (Fsp3) is 0.588. The Balaban J connectivity index is 2.04. The Morgan fingerprint density at radius 1 is 1.38 bits per heavy atom. The van der Waals surface area contributed by atoms with E-state index in [9.17, 15) is 0 Å². The second kappa shape index (κ2) is 5.64. The molecule has 1 aromatic carbocycles. The number of benzene rings is 1. The van der Waals surface area contributed by atoms with Gasteiger partial charge in [0.05, 0.1) is 12.1 Å². The van der Waals surface area contributed by atoms with Gasteiger partial charge in [0.25, 0.3) is 0 Å². The molecule has 114 valence electrons. The van der Waals surface area contributed by atoms with Crippen LogP contribution in [0, 0.1) is 11.8 Å². The lowest BCUT2D eigenvalue weighted by molar-refractivity contribution is 0.157. The predicted octanol–water partition coefficient (Wildman–Crippen LogP) is 4.17. The van der Waals surface area contributed by atoms with Crippen molar-refractivity contribution in [2.24, 2.45) is 22.6 Å². The number of halogens is 1. The molecule has 0 radical (unpaired) electrons. The van der Waals surface area contributed by atoms with E-state index in [-0.39, 0.29) is 5.54 Å². The SMILES string of the molecule is CC(C)C1CCCCC12CN=C(N)N2c1cccc(Br)c1. The molecule has 0 bridgehead atoms. The number of guanidine groups is 1. The van der Waals surface area contributed by atoms with Gasteiger partial charge in [-0.2, -0.15) is 0 Å². The van der Waals surface area contributed by atoms with Crippen molar-refractivity contribution in [2.75, 3.05) is 11.4 Å². The first-order valence-corrected chi connectivity index (χ1v) is 8.69. The van der Waals surface area contributed by atoms with Gasteiger partial charge in [0.1, 0.15) is 0 Å². The van der Waals surface area contributed by atoms with Crippen molar-refractivity contribution in [3.63, 3.8) is 0 Å². The van der Waals surface area contributed by atoms with Gasteiger partial charge in [0, 0.05) is 10.2 Å². The fourth-order valence-corrected chi connectivity index (χ4v) is 4.66. The highest BCUT2D eigenvalue weighted by Gasteiger charge is 2.50. The van der Waals surface area contributed by atoms with Gasteiger partial charge in [-0.1, -0.05) is 48.7 Å². The molecule has 2 N–H and O–H groups in total. The molecule has 2 unspecified atom stereocenters. The monoisotopic (exact) mass is 349 g/mol. The van der Waals surface area contributed by atoms with Crippen LogP contribution >= 0.6 is 15.9 Å². The van der Waals surface area contributed by atoms with E-state index in [4.69, 9.17) is 5.73 Å². The second-order valence-corrected chi connectivity index (χ2v) is 7.61. The fourth-order valence-electron chi connectivity index (χ4n) is 4.27. The molecule has 4 heteroatoms.